The normalized spacial score (nSPS) is 15.6. The van der Waals surface area contributed by atoms with Crippen molar-refractivity contribution in [2.24, 2.45) is 0 Å². The predicted molar refractivity (Wildman–Crippen MR) is 75.0 cm³/mol. The van der Waals surface area contributed by atoms with Crippen LogP contribution in [0, 0.1) is 6.92 Å². The van der Waals surface area contributed by atoms with Crippen LogP contribution in [0.4, 0.5) is 15.4 Å². The number of ether oxygens (including phenoxy) is 1. The van der Waals surface area contributed by atoms with Crippen LogP contribution in [-0.4, -0.2) is 47.9 Å². The van der Waals surface area contributed by atoms with E-state index in [1.54, 1.807) is 24.8 Å². The molecular formula is C13H20N4O4. The molecule has 1 fully saturated rings. The van der Waals surface area contributed by atoms with E-state index in [0.717, 1.165) is 0 Å². The van der Waals surface area contributed by atoms with Crippen molar-refractivity contribution >= 4 is 17.9 Å². The van der Waals surface area contributed by atoms with Crippen LogP contribution in [0.15, 0.2) is 10.6 Å². The molecule has 116 valence electrons. The third kappa shape index (κ3) is 4.37. The van der Waals surface area contributed by atoms with Crippen LogP contribution < -0.4 is 10.6 Å². The molecule has 0 bridgehead atoms. The van der Waals surface area contributed by atoms with Gasteiger partial charge >= 0.3 is 12.1 Å². The third-order valence-electron chi connectivity index (χ3n) is 3.23. The maximum absolute atomic E-state index is 11.8. The highest BCUT2D eigenvalue weighted by atomic mass is 16.6. The second kappa shape index (κ2) is 6.96. The Morgan fingerprint density at radius 2 is 2.19 bits per heavy atom. The third-order valence-corrected chi connectivity index (χ3v) is 3.23. The van der Waals surface area contributed by atoms with Crippen molar-refractivity contribution in [1.29, 1.82) is 0 Å². The molecule has 8 heteroatoms. The van der Waals surface area contributed by atoms with Gasteiger partial charge in [-0.25, -0.2) is 9.59 Å². The summed E-state index contributed by atoms with van der Waals surface area (Å²) >= 11 is 0. The topological polar surface area (TPSA) is 96.7 Å². The fraction of sp³-hybridized carbons (Fsp3) is 0.615. The molecule has 1 aliphatic rings. The Morgan fingerprint density at radius 3 is 2.76 bits per heavy atom. The SMILES string of the molecule is CCOC(=O)N1CCC(NC(=O)Nc2cc(C)on2)CC1. The van der Waals surface area contributed by atoms with Crippen LogP contribution in [-0.2, 0) is 4.74 Å². The first-order valence-corrected chi connectivity index (χ1v) is 7.01. The van der Waals surface area contributed by atoms with Gasteiger partial charge in [-0.3, -0.25) is 5.32 Å². The monoisotopic (exact) mass is 296 g/mol. The Balaban J connectivity index is 1.73. The number of aromatic nitrogens is 1. The van der Waals surface area contributed by atoms with Gasteiger partial charge in [0.1, 0.15) is 5.76 Å². The number of nitrogens with one attached hydrogen (secondary N) is 2. The van der Waals surface area contributed by atoms with Crippen molar-refractivity contribution < 1.29 is 18.8 Å². The molecule has 0 aromatic carbocycles. The molecule has 0 spiro atoms. The van der Waals surface area contributed by atoms with Crippen LogP contribution >= 0.6 is 0 Å². The van der Waals surface area contributed by atoms with E-state index in [4.69, 9.17) is 9.26 Å². The zero-order valence-corrected chi connectivity index (χ0v) is 12.2. The van der Waals surface area contributed by atoms with Gasteiger partial charge in [0.2, 0.25) is 0 Å². The average molecular weight is 296 g/mol. The van der Waals surface area contributed by atoms with E-state index in [1.807, 2.05) is 0 Å². The number of aryl methyl sites for hydroxylation is 1. The summed E-state index contributed by atoms with van der Waals surface area (Å²) in [6.45, 7) is 5.06. The Morgan fingerprint density at radius 1 is 1.48 bits per heavy atom. The maximum Gasteiger partial charge on any atom is 0.409 e. The zero-order valence-electron chi connectivity index (χ0n) is 12.2. The second-order valence-corrected chi connectivity index (χ2v) is 4.88. The van der Waals surface area contributed by atoms with Crippen LogP contribution in [0.1, 0.15) is 25.5 Å². The van der Waals surface area contributed by atoms with Crippen LogP contribution in [0.25, 0.3) is 0 Å². The fourth-order valence-corrected chi connectivity index (χ4v) is 2.18. The molecule has 3 amide bonds. The minimum absolute atomic E-state index is 0.0312. The number of hydrogen-bond donors (Lipinski definition) is 2. The number of urea groups is 1. The number of piperidine rings is 1. The lowest BCUT2D eigenvalue weighted by Gasteiger charge is -2.31. The molecule has 2 N–H and O–H groups in total. The number of rotatable bonds is 3. The Hall–Kier alpha value is -2.25. The molecule has 2 rings (SSSR count). The minimum Gasteiger partial charge on any atom is -0.450 e. The Kier molecular flexibility index (Phi) is 5.02. The molecular weight excluding hydrogens is 276 g/mol. The van der Waals surface area contributed by atoms with E-state index in [0.29, 0.717) is 44.1 Å². The highest BCUT2D eigenvalue weighted by Crippen LogP contribution is 2.12. The summed E-state index contributed by atoms with van der Waals surface area (Å²) < 4.78 is 9.82. The molecule has 0 radical (unpaired) electrons. The van der Waals surface area contributed by atoms with Gasteiger partial charge in [0.25, 0.3) is 0 Å². The average Bonchev–Trinajstić information content (AvgIpc) is 2.85. The molecule has 2 heterocycles. The number of nitrogens with zero attached hydrogens (tertiary/aromatic N) is 2. The summed E-state index contributed by atoms with van der Waals surface area (Å²) in [5.74, 6) is 1.02. The molecule has 0 aliphatic carbocycles. The largest absolute Gasteiger partial charge is 0.450 e. The number of carbonyl (C=O) groups excluding carboxylic acids is 2. The first-order valence-electron chi connectivity index (χ1n) is 7.01. The van der Waals surface area contributed by atoms with E-state index in [2.05, 4.69) is 15.8 Å². The van der Waals surface area contributed by atoms with Gasteiger partial charge in [-0.05, 0) is 26.7 Å². The summed E-state index contributed by atoms with van der Waals surface area (Å²) in [5, 5.41) is 9.15. The lowest BCUT2D eigenvalue weighted by molar-refractivity contribution is 0.0959. The van der Waals surface area contributed by atoms with Gasteiger partial charge < -0.3 is 19.5 Å². The van der Waals surface area contributed by atoms with E-state index in [1.165, 1.54) is 0 Å². The Labute approximate surface area is 122 Å². The number of amides is 3. The zero-order chi connectivity index (χ0) is 15.2. The van der Waals surface area contributed by atoms with Crippen molar-refractivity contribution in [3.63, 3.8) is 0 Å². The van der Waals surface area contributed by atoms with E-state index in [9.17, 15) is 9.59 Å². The highest BCUT2D eigenvalue weighted by Gasteiger charge is 2.24. The molecule has 0 saturated carbocycles. The van der Waals surface area contributed by atoms with Crippen LogP contribution in [0.3, 0.4) is 0 Å². The molecule has 0 atom stereocenters. The summed E-state index contributed by atoms with van der Waals surface area (Å²) in [6, 6.07) is 1.35. The van der Waals surface area contributed by atoms with E-state index >= 15 is 0 Å². The number of carbonyl (C=O) groups is 2. The van der Waals surface area contributed by atoms with Crippen molar-refractivity contribution in [2.75, 3.05) is 25.0 Å². The molecule has 1 aromatic heterocycles. The first kappa shape index (κ1) is 15.1. The second-order valence-electron chi connectivity index (χ2n) is 4.88. The van der Waals surface area contributed by atoms with E-state index in [-0.39, 0.29) is 18.2 Å². The summed E-state index contributed by atoms with van der Waals surface area (Å²) in [4.78, 5) is 25.0. The van der Waals surface area contributed by atoms with Gasteiger partial charge in [0.15, 0.2) is 5.82 Å². The van der Waals surface area contributed by atoms with Crippen molar-refractivity contribution in [3.05, 3.63) is 11.8 Å². The van der Waals surface area contributed by atoms with Crippen molar-refractivity contribution in [1.82, 2.24) is 15.4 Å². The molecule has 8 nitrogen and oxygen atoms in total. The quantitative estimate of drug-likeness (QED) is 0.885. The lowest BCUT2D eigenvalue weighted by Crippen LogP contribution is -2.47. The number of anilines is 1. The molecule has 1 saturated heterocycles. The standard InChI is InChI=1S/C13H20N4O4/c1-3-20-13(19)17-6-4-10(5-7-17)14-12(18)15-11-8-9(2)21-16-11/h8,10H,3-7H2,1-2H3,(H2,14,15,16,18). The molecule has 21 heavy (non-hydrogen) atoms. The predicted octanol–water partition coefficient (Wildman–Crippen LogP) is 1.73. The minimum atomic E-state index is -0.321. The first-order chi connectivity index (χ1) is 10.1. The number of hydrogen-bond acceptors (Lipinski definition) is 5. The van der Waals surface area contributed by atoms with Gasteiger partial charge in [-0.2, -0.15) is 0 Å². The summed E-state index contributed by atoms with van der Waals surface area (Å²) in [5.41, 5.74) is 0. The molecule has 1 aromatic rings. The Bertz CT molecular complexity index is 494. The van der Waals surface area contributed by atoms with Gasteiger partial charge in [0.05, 0.1) is 6.61 Å². The molecule has 1 aliphatic heterocycles. The number of likely N-dealkylation sites (tertiary alicyclic amines) is 1. The van der Waals surface area contributed by atoms with Gasteiger partial charge in [-0.15, -0.1) is 0 Å². The van der Waals surface area contributed by atoms with Crippen LogP contribution in [0.2, 0.25) is 0 Å². The summed E-state index contributed by atoms with van der Waals surface area (Å²) in [7, 11) is 0. The molecule has 0 unspecified atom stereocenters. The van der Waals surface area contributed by atoms with Gasteiger partial charge in [0, 0.05) is 25.2 Å². The summed E-state index contributed by atoms with van der Waals surface area (Å²) in [6.07, 6.45) is 1.10. The van der Waals surface area contributed by atoms with Gasteiger partial charge in [-0.1, -0.05) is 5.16 Å². The highest BCUT2D eigenvalue weighted by molar-refractivity contribution is 5.88. The van der Waals surface area contributed by atoms with Crippen molar-refractivity contribution in [2.45, 2.75) is 32.7 Å². The van der Waals surface area contributed by atoms with E-state index < -0.39 is 0 Å². The lowest BCUT2D eigenvalue weighted by atomic mass is 10.1. The maximum atomic E-state index is 11.8. The smallest absolute Gasteiger partial charge is 0.409 e. The van der Waals surface area contributed by atoms with Crippen molar-refractivity contribution in [3.8, 4) is 0 Å². The fourth-order valence-electron chi connectivity index (χ4n) is 2.18. The van der Waals surface area contributed by atoms with Crippen LogP contribution in [0.5, 0.6) is 0 Å².